The lowest BCUT2D eigenvalue weighted by atomic mass is 9.67. The molecular weight excluding hydrogens is 705 g/mol. The van der Waals surface area contributed by atoms with Crippen LogP contribution in [0.5, 0.6) is 0 Å². The van der Waals surface area contributed by atoms with Crippen molar-refractivity contribution in [2.45, 2.75) is 38.1 Å². The zero-order chi connectivity index (χ0) is 39.0. The molecule has 9 aromatic rings. The Labute approximate surface area is 340 Å². The van der Waals surface area contributed by atoms with E-state index in [4.69, 9.17) is 4.98 Å². The summed E-state index contributed by atoms with van der Waals surface area (Å²) in [5.74, 6) is 0.937. The standard InChI is InChI=1S/C54H44N4/c1-53(2,3)38-30-31-55-52(34-38)58-48-25-12-9-22-44(48)45-29-28-40(33-51(45)58)54(46-23-10-7-20-42(46)43-21-8-11-24-47(43)54)39-18-15-19-41(32-39)57-36-56(35-37-16-5-4-6-17-37)49-26-13-14-27-50(49)57/h4-34H,35-36H2,1-3H3. The Kier molecular flexibility index (Phi) is 7.74. The molecule has 0 atom stereocenters. The van der Waals surface area contributed by atoms with Crippen molar-refractivity contribution < 1.29 is 0 Å². The summed E-state index contributed by atoms with van der Waals surface area (Å²) in [7, 11) is 0. The number of hydrogen-bond donors (Lipinski definition) is 0. The molecule has 4 nitrogen and oxygen atoms in total. The zero-order valence-electron chi connectivity index (χ0n) is 33.1. The predicted octanol–water partition coefficient (Wildman–Crippen LogP) is 13.0. The SMILES string of the molecule is CC(C)(C)c1ccnc(-n2c3ccccc3c3ccc(C4(c5cccc(N6CN(Cc7ccccc7)c7ccccc76)c5)c5ccccc5-c5ccccc54)cc32)c1. The van der Waals surface area contributed by atoms with Gasteiger partial charge in [0.2, 0.25) is 0 Å². The highest BCUT2D eigenvalue weighted by molar-refractivity contribution is 6.09. The first kappa shape index (κ1) is 34.3. The molecule has 280 valence electrons. The topological polar surface area (TPSA) is 24.3 Å². The third-order valence-corrected chi connectivity index (χ3v) is 12.5. The first-order valence-electron chi connectivity index (χ1n) is 20.4. The normalized spacial score (nSPS) is 14.2. The summed E-state index contributed by atoms with van der Waals surface area (Å²) in [6.07, 6.45) is 1.97. The number of para-hydroxylation sites is 3. The summed E-state index contributed by atoms with van der Waals surface area (Å²) in [6.45, 7) is 8.42. The van der Waals surface area contributed by atoms with Crippen LogP contribution in [0.1, 0.15) is 54.2 Å². The van der Waals surface area contributed by atoms with Crippen molar-refractivity contribution in [3.8, 4) is 16.9 Å². The second-order valence-corrected chi connectivity index (χ2v) is 16.9. The molecule has 1 aliphatic carbocycles. The van der Waals surface area contributed by atoms with Crippen LogP contribution in [0.15, 0.2) is 188 Å². The van der Waals surface area contributed by atoms with Gasteiger partial charge in [-0.25, -0.2) is 4.98 Å². The number of hydrogen-bond acceptors (Lipinski definition) is 3. The Morgan fingerprint density at radius 2 is 1.21 bits per heavy atom. The molecular formula is C54H44N4. The molecule has 0 fully saturated rings. The predicted molar refractivity (Wildman–Crippen MR) is 241 cm³/mol. The van der Waals surface area contributed by atoms with Gasteiger partial charge in [-0.1, -0.05) is 154 Å². The number of fused-ring (bicyclic) bond motifs is 7. The third-order valence-electron chi connectivity index (χ3n) is 12.5. The number of benzene rings is 7. The lowest BCUT2D eigenvalue weighted by Crippen LogP contribution is -2.30. The molecule has 0 saturated heterocycles. The summed E-state index contributed by atoms with van der Waals surface area (Å²) in [6, 6.07) is 67.4. The van der Waals surface area contributed by atoms with Gasteiger partial charge in [-0.2, -0.15) is 0 Å². The van der Waals surface area contributed by atoms with E-state index in [9.17, 15) is 0 Å². The van der Waals surface area contributed by atoms with Crippen LogP contribution in [-0.2, 0) is 17.4 Å². The van der Waals surface area contributed by atoms with Gasteiger partial charge < -0.3 is 9.80 Å². The van der Waals surface area contributed by atoms with Crippen LogP contribution in [0, 0.1) is 0 Å². The molecule has 2 aliphatic rings. The van der Waals surface area contributed by atoms with Crippen LogP contribution in [-0.4, -0.2) is 16.2 Å². The Morgan fingerprint density at radius 3 is 1.98 bits per heavy atom. The molecule has 0 saturated carbocycles. The minimum Gasteiger partial charge on any atom is -0.347 e. The average Bonchev–Trinajstić information content (AvgIpc) is 3.90. The van der Waals surface area contributed by atoms with Crippen LogP contribution in [0.3, 0.4) is 0 Å². The Balaban J connectivity index is 1.14. The molecule has 2 aromatic heterocycles. The molecule has 58 heavy (non-hydrogen) atoms. The lowest BCUT2D eigenvalue weighted by Gasteiger charge is -2.35. The largest absolute Gasteiger partial charge is 0.347 e. The van der Waals surface area contributed by atoms with Crippen molar-refractivity contribution in [1.82, 2.24) is 9.55 Å². The highest BCUT2D eigenvalue weighted by atomic mass is 15.4. The van der Waals surface area contributed by atoms with Gasteiger partial charge in [0.05, 0.1) is 34.5 Å². The van der Waals surface area contributed by atoms with Gasteiger partial charge in [-0.15, -0.1) is 0 Å². The van der Waals surface area contributed by atoms with Gasteiger partial charge >= 0.3 is 0 Å². The third kappa shape index (κ3) is 5.18. The van der Waals surface area contributed by atoms with Gasteiger partial charge in [0, 0.05) is 29.2 Å². The minimum atomic E-state index is -0.581. The summed E-state index contributed by atoms with van der Waals surface area (Å²) in [5, 5.41) is 2.45. The van der Waals surface area contributed by atoms with Crippen LogP contribution in [0.4, 0.5) is 17.1 Å². The molecule has 7 aromatic carbocycles. The van der Waals surface area contributed by atoms with Gasteiger partial charge in [-0.3, -0.25) is 4.57 Å². The highest BCUT2D eigenvalue weighted by Crippen LogP contribution is 2.57. The van der Waals surface area contributed by atoms with Crippen molar-refractivity contribution >= 4 is 38.9 Å². The molecule has 0 radical (unpaired) electrons. The molecule has 0 unspecified atom stereocenters. The van der Waals surface area contributed by atoms with Crippen molar-refractivity contribution in [3.05, 3.63) is 222 Å². The van der Waals surface area contributed by atoms with Gasteiger partial charge in [0.15, 0.2) is 0 Å². The maximum absolute atomic E-state index is 5.03. The van der Waals surface area contributed by atoms with Crippen molar-refractivity contribution in [2.75, 3.05) is 16.5 Å². The van der Waals surface area contributed by atoms with Crippen molar-refractivity contribution in [1.29, 1.82) is 0 Å². The fourth-order valence-electron chi connectivity index (χ4n) is 9.83. The van der Waals surface area contributed by atoms with E-state index in [0.29, 0.717) is 0 Å². The molecule has 11 rings (SSSR count). The van der Waals surface area contributed by atoms with E-state index in [1.54, 1.807) is 0 Å². The highest BCUT2D eigenvalue weighted by Gasteiger charge is 2.46. The number of nitrogens with zero attached hydrogens (tertiary/aromatic N) is 4. The average molecular weight is 749 g/mol. The lowest BCUT2D eigenvalue weighted by molar-refractivity contribution is 0.588. The van der Waals surface area contributed by atoms with Gasteiger partial charge in [0.25, 0.3) is 0 Å². The number of anilines is 3. The molecule has 4 heteroatoms. The smallest absolute Gasteiger partial charge is 0.137 e. The van der Waals surface area contributed by atoms with E-state index in [2.05, 4.69) is 217 Å². The summed E-state index contributed by atoms with van der Waals surface area (Å²) >= 11 is 0. The summed E-state index contributed by atoms with van der Waals surface area (Å²) in [5.41, 5.74) is 15.6. The molecule has 0 bridgehead atoms. The van der Waals surface area contributed by atoms with Gasteiger partial charge in [0.1, 0.15) is 5.82 Å². The van der Waals surface area contributed by atoms with Crippen LogP contribution < -0.4 is 9.80 Å². The fraction of sp³-hybridized carbons (Fsp3) is 0.130. The Bertz CT molecular complexity index is 2980. The molecule has 0 amide bonds. The van der Waals surface area contributed by atoms with E-state index in [1.165, 1.54) is 72.3 Å². The number of aromatic nitrogens is 2. The summed E-state index contributed by atoms with van der Waals surface area (Å²) < 4.78 is 2.38. The first-order chi connectivity index (χ1) is 28.4. The first-order valence-corrected chi connectivity index (χ1v) is 20.4. The Hall–Kier alpha value is -6.91. The minimum absolute atomic E-state index is 0.0115. The van der Waals surface area contributed by atoms with E-state index >= 15 is 0 Å². The molecule has 1 aliphatic heterocycles. The second kappa shape index (κ2) is 13.1. The molecule has 0 N–H and O–H groups in total. The van der Waals surface area contributed by atoms with Crippen molar-refractivity contribution in [3.63, 3.8) is 0 Å². The monoisotopic (exact) mass is 748 g/mol. The molecule has 3 heterocycles. The quantitative estimate of drug-likeness (QED) is 0.169. The van der Waals surface area contributed by atoms with E-state index in [1.807, 2.05) is 6.20 Å². The molecule has 0 spiro atoms. The maximum atomic E-state index is 5.03. The fourth-order valence-corrected chi connectivity index (χ4v) is 9.83. The second-order valence-electron chi connectivity index (χ2n) is 16.9. The zero-order valence-corrected chi connectivity index (χ0v) is 33.1. The number of rotatable bonds is 6. The van der Waals surface area contributed by atoms with E-state index in [-0.39, 0.29) is 5.41 Å². The Morgan fingerprint density at radius 1 is 0.552 bits per heavy atom. The van der Waals surface area contributed by atoms with E-state index < -0.39 is 5.41 Å². The van der Waals surface area contributed by atoms with Crippen molar-refractivity contribution in [2.24, 2.45) is 0 Å². The van der Waals surface area contributed by atoms with Crippen LogP contribution in [0.2, 0.25) is 0 Å². The van der Waals surface area contributed by atoms with E-state index in [0.717, 1.165) is 30.1 Å². The summed E-state index contributed by atoms with van der Waals surface area (Å²) in [4.78, 5) is 10.0. The van der Waals surface area contributed by atoms with Crippen LogP contribution in [0.25, 0.3) is 38.8 Å². The number of pyridine rings is 1. The maximum Gasteiger partial charge on any atom is 0.137 e. The van der Waals surface area contributed by atoms with Gasteiger partial charge in [-0.05, 0) is 98.5 Å². The van der Waals surface area contributed by atoms with Crippen LogP contribution >= 0.6 is 0 Å².